The minimum absolute atomic E-state index is 0.0561. The van der Waals surface area contributed by atoms with Crippen LogP contribution in [0.1, 0.15) is 50.8 Å². The summed E-state index contributed by atoms with van der Waals surface area (Å²) in [7, 11) is 0. The van der Waals surface area contributed by atoms with E-state index in [2.05, 4.69) is 19.2 Å². The second kappa shape index (κ2) is 8.28. The molecule has 108 valence electrons. The van der Waals surface area contributed by atoms with E-state index >= 15 is 0 Å². The molecule has 0 saturated heterocycles. The van der Waals surface area contributed by atoms with Crippen LogP contribution in [0.15, 0.2) is 18.2 Å². The third kappa shape index (κ3) is 4.59. The lowest BCUT2D eigenvalue weighted by Crippen LogP contribution is -2.34. The summed E-state index contributed by atoms with van der Waals surface area (Å²) in [5.74, 6) is -0.185. The molecule has 0 saturated carbocycles. The highest BCUT2D eigenvalue weighted by Gasteiger charge is 2.23. The molecule has 0 spiro atoms. The van der Waals surface area contributed by atoms with Gasteiger partial charge in [0.1, 0.15) is 5.82 Å². The molecule has 0 aromatic heterocycles. The molecule has 0 bridgehead atoms. The summed E-state index contributed by atoms with van der Waals surface area (Å²) in [6.45, 7) is 9.84. The first kappa shape index (κ1) is 16.1. The van der Waals surface area contributed by atoms with Crippen LogP contribution in [0.25, 0.3) is 0 Å². The average molecular weight is 267 g/mol. The first-order valence-corrected chi connectivity index (χ1v) is 7.25. The quantitative estimate of drug-likeness (QED) is 0.769. The van der Waals surface area contributed by atoms with Crippen LogP contribution in [0.3, 0.4) is 0 Å². The minimum Gasteiger partial charge on any atom is -0.377 e. The number of benzene rings is 1. The fraction of sp³-hybridized carbons (Fsp3) is 0.625. The Morgan fingerprint density at radius 3 is 2.58 bits per heavy atom. The Hall–Kier alpha value is -0.930. The van der Waals surface area contributed by atoms with Gasteiger partial charge in [0.2, 0.25) is 0 Å². The van der Waals surface area contributed by atoms with Gasteiger partial charge in [-0.05, 0) is 56.5 Å². The summed E-state index contributed by atoms with van der Waals surface area (Å²) in [5, 5.41) is 3.50. The molecular weight excluding hydrogens is 241 g/mol. The van der Waals surface area contributed by atoms with E-state index in [0.29, 0.717) is 6.61 Å². The van der Waals surface area contributed by atoms with E-state index in [0.717, 1.165) is 30.5 Å². The molecule has 0 heterocycles. The maximum absolute atomic E-state index is 13.5. The fourth-order valence-corrected chi connectivity index (χ4v) is 2.35. The molecule has 0 radical (unpaired) electrons. The van der Waals surface area contributed by atoms with Crippen molar-refractivity contribution in [1.82, 2.24) is 5.32 Å². The Morgan fingerprint density at radius 2 is 2.00 bits per heavy atom. The van der Waals surface area contributed by atoms with Crippen LogP contribution in [0, 0.1) is 12.7 Å². The molecule has 1 N–H and O–H groups in total. The summed E-state index contributed by atoms with van der Waals surface area (Å²) < 4.78 is 19.3. The topological polar surface area (TPSA) is 21.3 Å². The number of nitrogens with one attached hydrogen (secondary N) is 1. The lowest BCUT2D eigenvalue weighted by Gasteiger charge is -2.29. The standard InChI is InChI=1S/C16H26FNO/c1-5-10-18-16(15(6-2)19-7-3)14-11-13(17)9-8-12(14)4/h8-9,11,15-16,18H,5-7,10H2,1-4H3. The first-order valence-electron chi connectivity index (χ1n) is 7.25. The molecule has 19 heavy (non-hydrogen) atoms. The van der Waals surface area contributed by atoms with E-state index < -0.39 is 0 Å². The molecule has 2 nitrogen and oxygen atoms in total. The third-order valence-electron chi connectivity index (χ3n) is 3.35. The maximum Gasteiger partial charge on any atom is 0.123 e. The van der Waals surface area contributed by atoms with Crippen LogP contribution < -0.4 is 5.32 Å². The second-order valence-corrected chi connectivity index (χ2v) is 4.83. The van der Waals surface area contributed by atoms with Crippen LogP contribution >= 0.6 is 0 Å². The Balaban J connectivity index is 3.03. The summed E-state index contributed by atoms with van der Waals surface area (Å²) in [5.41, 5.74) is 2.11. The Kier molecular flexibility index (Phi) is 7.03. The van der Waals surface area contributed by atoms with Crippen LogP contribution in [0.2, 0.25) is 0 Å². The van der Waals surface area contributed by atoms with E-state index in [1.807, 2.05) is 19.9 Å². The van der Waals surface area contributed by atoms with Gasteiger partial charge in [-0.3, -0.25) is 0 Å². The molecule has 0 amide bonds. The minimum atomic E-state index is -0.185. The monoisotopic (exact) mass is 267 g/mol. The van der Waals surface area contributed by atoms with Gasteiger partial charge in [0.25, 0.3) is 0 Å². The lowest BCUT2D eigenvalue weighted by molar-refractivity contribution is 0.0312. The van der Waals surface area contributed by atoms with Crippen molar-refractivity contribution in [2.24, 2.45) is 0 Å². The molecule has 3 heteroatoms. The predicted molar refractivity (Wildman–Crippen MR) is 77.9 cm³/mol. The van der Waals surface area contributed by atoms with Crippen molar-refractivity contribution in [3.63, 3.8) is 0 Å². The predicted octanol–water partition coefficient (Wildman–Crippen LogP) is 3.99. The molecule has 0 aliphatic rings. The van der Waals surface area contributed by atoms with Crippen molar-refractivity contribution < 1.29 is 9.13 Å². The van der Waals surface area contributed by atoms with Crippen molar-refractivity contribution in [2.45, 2.75) is 52.7 Å². The average Bonchev–Trinajstić information content (AvgIpc) is 2.41. The zero-order chi connectivity index (χ0) is 14.3. The van der Waals surface area contributed by atoms with Crippen molar-refractivity contribution >= 4 is 0 Å². The molecule has 0 aliphatic heterocycles. The molecular formula is C16H26FNO. The van der Waals surface area contributed by atoms with E-state index in [1.165, 1.54) is 6.07 Å². The smallest absolute Gasteiger partial charge is 0.123 e. The molecule has 1 rings (SSSR count). The number of ether oxygens (including phenoxy) is 1. The first-order chi connectivity index (χ1) is 9.13. The molecule has 1 aromatic rings. The Morgan fingerprint density at radius 1 is 1.26 bits per heavy atom. The summed E-state index contributed by atoms with van der Waals surface area (Å²) in [6.07, 6.45) is 2.04. The van der Waals surface area contributed by atoms with Crippen LogP contribution in [0.4, 0.5) is 4.39 Å². The lowest BCUT2D eigenvalue weighted by atomic mass is 9.95. The van der Waals surface area contributed by atoms with Gasteiger partial charge in [-0.1, -0.05) is 19.9 Å². The van der Waals surface area contributed by atoms with Gasteiger partial charge in [-0.15, -0.1) is 0 Å². The number of hydrogen-bond acceptors (Lipinski definition) is 2. The van der Waals surface area contributed by atoms with Gasteiger partial charge in [0.05, 0.1) is 12.1 Å². The zero-order valence-corrected chi connectivity index (χ0v) is 12.5. The summed E-state index contributed by atoms with van der Waals surface area (Å²) >= 11 is 0. The van der Waals surface area contributed by atoms with Crippen LogP contribution in [-0.4, -0.2) is 19.3 Å². The van der Waals surface area contributed by atoms with Gasteiger partial charge in [-0.2, -0.15) is 0 Å². The van der Waals surface area contributed by atoms with E-state index in [4.69, 9.17) is 4.74 Å². The molecule has 0 aliphatic carbocycles. The third-order valence-corrected chi connectivity index (χ3v) is 3.35. The molecule has 1 aromatic carbocycles. The summed E-state index contributed by atoms with van der Waals surface area (Å²) in [6, 6.07) is 5.03. The number of rotatable bonds is 8. The fourth-order valence-electron chi connectivity index (χ4n) is 2.35. The summed E-state index contributed by atoms with van der Waals surface area (Å²) in [4.78, 5) is 0. The van der Waals surface area contributed by atoms with Gasteiger partial charge in [0.15, 0.2) is 0 Å². The van der Waals surface area contributed by atoms with Crippen LogP contribution in [0.5, 0.6) is 0 Å². The van der Waals surface area contributed by atoms with Crippen molar-refractivity contribution in [2.75, 3.05) is 13.2 Å². The normalized spacial score (nSPS) is 14.4. The van der Waals surface area contributed by atoms with E-state index in [-0.39, 0.29) is 18.0 Å². The van der Waals surface area contributed by atoms with Gasteiger partial charge < -0.3 is 10.1 Å². The van der Waals surface area contributed by atoms with Gasteiger partial charge in [-0.25, -0.2) is 4.39 Å². The zero-order valence-electron chi connectivity index (χ0n) is 12.5. The van der Waals surface area contributed by atoms with E-state index in [1.54, 1.807) is 6.07 Å². The van der Waals surface area contributed by atoms with Crippen LogP contribution in [-0.2, 0) is 4.74 Å². The largest absolute Gasteiger partial charge is 0.377 e. The highest BCUT2D eigenvalue weighted by Crippen LogP contribution is 2.25. The molecule has 2 atom stereocenters. The van der Waals surface area contributed by atoms with Gasteiger partial charge in [0, 0.05) is 6.61 Å². The Labute approximate surface area is 116 Å². The number of aryl methyl sites for hydroxylation is 1. The molecule has 2 unspecified atom stereocenters. The van der Waals surface area contributed by atoms with E-state index in [9.17, 15) is 4.39 Å². The highest BCUT2D eigenvalue weighted by atomic mass is 19.1. The van der Waals surface area contributed by atoms with Gasteiger partial charge >= 0.3 is 0 Å². The Bertz CT molecular complexity index is 381. The SMILES string of the molecule is CCCNC(c1cc(F)ccc1C)C(CC)OCC. The number of hydrogen-bond donors (Lipinski definition) is 1. The second-order valence-electron chi connectivity index (χ2n) is 4.83. The van der Waals surface area contributed by atoms with Crippen molar-refractivity contribution in [1.29, 1.82) is 0 Å². The molecule has 0 fully saturated rings. The highest BCUT2D eigenvalue weighted by molar-refractivity contribution is 5.30. The van der Waals surface area contributed by atoms with Crippen molar-refractivity contribution in [3.05, 3.63) is 35.1 Å². The van der Waals surface area contributed by atoms with Crippen molar-refractivity contribution in [3.8, 4) is 0 Å². The maximum atomic E-state index is 13.5. The number of halogens is 1.